The van der Waals surface area contributed by atoms with Crippen molar-refractivity contribution in [2.24, 2.45) is 5.18 Å². The summed E-state index contributed by atoms with van der Waals surface area (Å²) in [7, 11) is 3.13. The highest BCUT2D eigenvalue weighted by Crippen LogP contribution is 2.36. The Balaban J connectivity index is 2.38. The molecule has 0 saturated carbocycles. The van der Waals surface area contributed by atoms with E-state index < -0.39 is 0 Å². The van der Waals surface area contributed by atoms with Crippen molar-refractivity contribution in [2.75, 3.05) is 20.8 Å². The van der Waals surface area contributed by atoms with Gasteiger partial charge in [-0.05, 0) is 42.8 Å². The minimum atomic E-state index is -0.342. The van der Waals surface area contributed by atoms with Crippen LogP contribution in [0.2, 0.25) is 5.02 Å². The molecule has 2 rings (SSSR count). The molecule has 0 radical (unpaired) electrons. The quantitative estimate of drug-likeness (QED) is 0.639. The molecule has 0 aromatic heterocycles. The van der Waals surface area contributed by atoms with E-state index in [1.165, 1.54) is 24.1 Å². The van der Waals surface area contributed by atoms with Gasteiger partial charge in [0.2, 0.25) is 0 Å². The molecule has 0 heterocycles. The lowest BCUT2D eigenvalue weighted by molar-refractivity contribution is 0.0743. The molecule has 0 N–H and O–H groups in total. The topological polar surface area (TPSA) is 68.2 Å². The zero-order chi connectivity index (χ0) is 19.3. The van der Waals surface area contributed by atoms with Gasteiger partial charge in [-0.2, -0.15) is 0 Å². The molecule has 0 fully saturated rings. The van der Waals surface area contributed by atoms with Crippen LogP contribution in [0.15, 0.2) is 41.6 Å². The third-order valence-corrected chi connectivity index (χ3v) is 4.42. The molecule has 1 atom stereocenters. The predicted octanol–water partition coefficient (Wildman–Crippen LogP) is 4.98. The van der Waals surface area contributed by atoms with Gasteiger partial charge in [0.05, 0.1) is 25.3 Å². The fourth-order valence-corrected chi connectivity index (χ4v) is 2.68. The fraction of sp³-hybridized carbons (Fsp3) is 0.316. The Hall–Kier alpha value is -2.60. The predicted molar refractivity (Wildman–Crippen MR) is 102 cm³/mol. The lowest BCUT2D eigenvalue weighted by Crippen LogP contribution is -2.29. The number of carbonyl (C=O) groups excluding carboxylic acids is 1. The molecule has 6 nitrogen and oxygen atoms in total. The minimum absolute atomic E-state index is 0.00505. The molecular weight excluding hydrogens is 356 g/mol. The second kappa shape index (κ2) is 8.67. The van der Waals surface area contributed by atoms with Crippen LogP contribution in [0.5, 0.6) is 11.5 Å². The molecule has 0 spiro atoms. The van der Waals surface area contributed by atoms with Gasteiger partial charge in [0.1, 0.15) is 5.69 Å². The summed E-state index contributed by atoms with van der Waals surface area (Å²) >= 11 is 5.92. The summed E-state index contributed by atoms with van der Waals surface area (Å²) in [5.41, 5.74) is 1.09. The SMILES string of the molecule is CCOc1cc(C(=O)N(C)C(C)c2ccc(Cl)cc2)c(N=O)cc1OC. The van der Waals surface area contributed by atoms with Gasteiger partial charge in [-0.25, -0.2) is 0 Å². The van der Waals surface area contributed by atoms with Gasteiger partial charge < -0.3 is 14.4 Å². The molecule has 0 saturated heterocycles. The number of nitrogens with zero attached hydrogens (tertiary/aromatic N) is 2. The molecule has 0 aliphatic carbocycles. The summed E-state index contributed by atoms with van der Waals surface area (Å²) in [6.07, 6.45) is 0. The van der Waals surface area contributed by atoms with Crippen LogP contribution in [-0.4, -0.2) is 31.6 Å². The van der Waals surface area contributed by atoms with Gasteiger partial charge in [0.15, 0.2) is 11.5 Å². The highest BCUT2D eigenvalue weighted by molar-refractivity contribution is 6.30. The first kappa shape index (κ1) is 19.7. The maximum atomic E-state index is 13.0. The minimum Gasteiger partial charge on any atom is -0.493 e. The van der Waals surface area contributed by atoms with Crippen molar-refractivity contribution in [1.29, 1.82) is 0 Å². The molecule has 26 heavy (non-hydrogen) atoms. The van der Waals surface area contributed by atoms with E-state index in [-0.39, 0.29) is 23.2 Å². The Labute approximate surface area is 157 Å². The summed E-state index contributed by atoms with van der Waals surface area (Å²) < 4.78 is 10.7. The van der Waals surface area contributed by atoms with Crippen molar-refractivity contribution in [3.05, 3.63) is 57.5 Å². The van der Waals surface area contributed by atoms with Crippen molar-refractivity contribution < 1.29 is 14.3 Å². The zero-order valence-electron chi connectivity index (χ0n) is 15.2. The molecule has 0 bridgehead atoms. The molecule has 0 aliphatic rings. The van der Waals surface area contributed by atoms with Gasteiger partial charge in [0, 0.05) is 18.1 Å². The van der Waals surface area contributed by atoms with E-state index in [9.17, 15) is 9.70 Å². The highest BCUT2D eigenvalue weighted by atomic mass is 35.5. The monoisotopic (exact) mass is 376 g/mol. The van der Waals surface area contributed by atoms with Crippen LogP contribution in [0.3, 0.4) is 0 Å². The number of amides is 1. The van der Waals surface area contributed by atoms with Gasteiger partial charge in [-0.15, -0.1) is 4.91 Å². The standard InChI is InChI=1S/C19H21ClN2O4/c1-5-26-18-10-15(16(21-24)11-17(18)25-4)19(23)22(3)12(2)13-6-8-14(20)9-7-13/h6-12H,5H2,1-4H3. The van der Waals surface area contributed by atoms with E-state index in [1.54, 1.807) is 19.2 Å². The Morgan fingerprint density at radius 1 is 1.23 bits per heavy atom. The number of rotatable bonds is 7. The molecule has 1 amide bonds. The number of benzene rings is 2. The molecule has 138 valence electrons. The Morgan fingerprint density at radius 3 is 2.42 bits per heavy atom. The smallest absolute Gasteiger partial charge is 0.256 e. The molecule has 2 aromatic carbocycles. The van der Waals surface area contributed by atoms with E-state index in [4.69, 9.17) is 21.1 Å². The molecule has 2 aromatic rings. The number of ether oxygens (including phenoxy) is 2. The highest BCUT2D eigenvalue weighted by Gasteiger charge is 2.24. The van der Waals surface area contributed by atoms with Gasteiger partial charge in [0.25, 0.3) is 5.91 Å². The Kier molecular flexibility index (Phi) is 6.58. The summed E-state index contributed by atoms with van der Waals surface area (Å²) in [6.45, 7) is 4.11. The Bertz CT molecular complexity index is 793. The summed E-state index contributed by atoms with van der Waals surface area (Å²) in [6, 6.07) is 9.93. The van der Waals surface area contributed by atoms with Crippen molar-refractivity contribution in [2.45, 2.75) is 19.9 Å². The van der Waals surface area contributed by atoms with Gasteiger partial charge in [-0.1, -0.05) is 23.7 Å². The number of methoxy groups -OCH3 is 1. The van der Waals surface area contributed by atoms with E-state index >= 15 is 0 Å². The van der Waals surface area contributed by atoms with E-state index in [0.717, 1.165) is 5.56 Å². The Morgan fingerprint density at radius 2 is 1.88 bits per heavy atom. The second-order valence-electron chi connectivity index (χ2n) is 5.69. The average Bonchev–Trinajstić information content (AvgIpc) is 2.66. The average molecular weight is 377 g/mol. The fourth-order valence-electron chi connectivity index (χ4n) is 2.55. The molecule has 7 heteroatoms. The molecule has 0 aliphatic heterocycles. The molecular formula is C19H21ClN2O4. The van der Waals surface area contributed by atoms with Crippen LogP contribution in [0.1, 0.15) is 35.8 Å². The first-order valence-electron chi connectivity index (χ1n) is 8.13. The van der Waals surface area contributed by atoms with E-state index in [1.807, 2.05) is 26.0 Å². The number of hydrogen-bond donors (Lipinski definition) is 0. The normalized spacial score (nSPS) is 11.6. The summed E-state index contributed by atoms with van der Waals surface area (Å²) in [5, 5.41) is 3.60. The van der Waals surface area contributed by atoms with Gasteiger partial charge in [-0.3, -0.25) is 4.79 Å². The first-order chi connectivity index (χ1) is 12.4. The lowest BCUT2D eigenvalue weighted by atomic mass is 10.1. The van der Waals surface area contributed by atoms with Gasteiger partial charge >= 0.3 is 0 Å². The first-order valence-corrected chi connectivity index (χ1v) is 8.51. The zero-order valence-corrected chi connectivity index (χ0v) is 15.9. The third-order valence-electron chi connectivity index (χ3n) is 4.16. The van der Waals surface area contributed by atoms with Crippen LogP contribution in [-0.2, 0) is 0 Å². The van der Waals surface area contributed by atoms with Crippen molar-refractivity contribution in [3.63, 3.8) is 0 Å². The van der Waals surface area contributed by atoms with Crippen LogP contribution >= 0.6 is 11.6 Å². The second-order valence-corrected chi connectivity index (χ2v) is 6.12. The summed E-state index contributed by atoms with van der Waals surface area (Å²) in [5.74, 6) is 0.398. The number of hydrogen-bond acceptors (Lipinski definition) is 5. The lowest BCUT2D eigenvalue weighted by Gasteiger charge is -2.26. The van der Waals surface area contributed by atoms with Crippen molar-refractivity contribution in [1.82, 2.24) is 4.90 Å². The van der Waals surface area contributed by atoms with Crippen LogP contribution in [0, 0.1) is 4.91 Å². The maximum Gasteiger partial charge on any atom is 0.256 e. The third kappa shape index (κ3) is 4.14. The van der Waals surface area contributed by atoms with Crippen LogP contribution in [0.25, 0.3) is 0 Å². The largest absolute Gasteiger partial charge is 0.493 e. The number of nitroso groups, excluding NO2 is 1. The maximum absolute atomic E-state index is 13.0. The molecule has 1 unspecified atom stereocenters. The van der Waals surface area contributed by atoms with Crippen LogP contribution in [0.4, 0.5) is 5.69 Å². The van der Waals surface area contributed by atoms with E-state index in [2.05, 4.69) is 5.18 Å². The number of halogens is 1. The number of carbonyl (C=O) groups is 1. The van der Waals surface area contributed by atoms with Crippen molar-refractivity contribution in [3.8, 4) is 11.5 Å². The van der Waals surface area contributed by atoms with Crippen molar-refractivity contribution >= 4 is 23.2 Å². The van der Waals surface area contributed by atoms with Crippen LogP contribution < -0.4 is 9.47 Å². The summed E-state index contributed by atoms with van der Waals surface area (Å²) in [4.78, 5) is 25.7. The van der Waals surface area contributed by atoms with E-state index in [0.29, 0.717) is 23.1 Å².